The average Bonchev–Trinajstić information content (AvgIpc) is 3.27. The zero-order valence-electron chi connectivity index (χ0n) is 24.1. The molecule has 0 atom stereocenters. The molecular formula is C36H36N2O2-2. The summed E-state index contributed by atoms with van der Waals surface area (Å²) in [6, 6.07) is 25.5. The summed E-state index contributed by atoms with van der Waals surface area (Å²) >= 11 is 0. The summed E-state index contributed by atoms with van der Waals surface area (Å²) in [5.41, 5.74) is 6.33. The third-order valence-electron chi connectivity index (χ3n) is 10.0. The number of anilines is 2. The van der Waals surface area contributed by atoms with E-state index in [1.807, 2.05) is 12.2 Å². The van der Waals surface area contributed by atoms with Crippen LogP contribution in [0.25, 0.3) is 21.5 Å². The maximum Gasteiger partial charge on any atom is 0.0454 e. The van der Waals surface area contributed by atoms with E-state index in [9.17, 15) is 10.2 Å². The zero-order valence-corrected chi connectivity index (χ0v) is 24.1. The summed E-state index contributed by atoms with van der Waals surface area (Å²) in [7, 11) is 4.12. The van der Waals surface area contributed by atoms with Crippen LogP contribution in [0.5, 0.6) is 0 Å². The summed E-state index contributed by atoms with van der Waals surface area (Å²) in [5, 5.41) is 32.3. The number of allylic oxidation sites excluding steroid dienone is 2. The highest BCUT2D eigenvalue weighted by Crippen LogP contribution is 2.53. The smallest absolute Gasteiger partial charge is 0.0454 e. The van der Waals surface area contributed by atoms with Crippen LogP contribution < -0.4 is 20.0 Å². The van der Waals surface area contributed by atoms with Gasteiger partial charge in [0.2, 0.25) is 0 Å². The lowest BCUT2D eigenvalue weighted by atomic mass is 9.66. The van der Waals surface area contributed by atoms with Crippen molar-refractivity contribution in [2.24, 2.45) is 11.8 Å². The normalized spacial score (nSPS) is 28.4. The second-order valence-corrected chi connectivity index (χ2v) is 12.9. The van der Waals surface area contributed by atoms with Gasteiger partial charge in [-0.05, 0) is 56.6 Å². The van der Waals surface area contributed by atoms with Gasteiger partial charge in [-0.2, -0.15) is 0 Å². The minimum atomic E-state index is -0.961. The first-order valence-corrected chi connectivity index (χ1v) is 14.3. The van der Waals surface area contributed by atoms with E-state index < -0.39 is 24.0 Å². The van der Waals surface area contributed by atoms with Crippen molar-refractivity contribution in [1.82, 2.24) is 0 Å². The molecule has 3 aliphatic rings. The average molecular weight is 529 g/mol. The van der Waals surface area contributed by atoms with Gasteiger partial charge in [-0.1, -0.05) is 101 Å². The Morgan fingerprint density at radius 1 is 0.575 bits per heavy atom. The highest BCUT2D eigenvalue weighted by Gasteiger charge is 2.45. The number of likely N-dealkylation sites (N-methyl/N-ethyl adjacent to an activating group) is 2. The monoisotopic (exact) mass is 528 g/mol. The Morgan fingerprint density at radius 3 is 1.35 bits per heavy atom. The molecule has 40 heavy (non-hydrogen) atoms. The first-order chi connectivity index (χ1) is 19.0. The van der Waals surface area contributed by atoms with Crippen molar-refractivity contribution in [2.75, 3.05) is 23.9 Å². The van der Waals surface area contributed by atoms with Gasteiger partial charge in [-0.15, -0.1) is 12.2 Å². The first-order valence-electron chi connectivity index (χ1n) is 14.3. The lowest BCUT2D eigenvalue weighted by Crippen LogP contribution is -2.66. The van der Waals surface area contributed by atoms with Crippen LogP contribution >= 0.6 is 0 Å². The van der Waals surface area contributed by atoms with Crippen molar-refractivity contribution in [3.05, 3.63) is 107 Å². The fourth-order valence-corrected chi connectivity index (χ4v) is 7.87. The Hall–Kier alpha value is -3.60. The van der Waals surface area contributed by atoms with Gasteiger partial charge in [0.15, 0.2) is 0 Å². The van der Waals surface area contributed by atoms with Gasteiger partial charge in [0.25, 0.3) is 0 Å². The van der Waals surface area contributed by atoms with Crippen LogP contribution in [0.3, 0.4) is 0 Å². The van der Waals surface area contributed by atoms with E-state index in [0.29, 0.717) is 0 Å². The molecule has 0 unspecified atom stereocenters. The van der Waals surface area contributed by atoms with Gasteiger partial charge in [-0.3, -0.25) is 0 Å². The summed E-state index contributed by atoms with van der Waals surface area (Å²) < 4.78 is 0. The maximum atomic E-state index is 13.7. The SMILES string of the molecule is CN1C(=CC2C([O-])C(C=C3N(C)c4ccc5ccccc5c4C3(C)C)C2[O-])C(C)(C)c2c1ccc1ccccc21. The molecule has 0 amide bonds. The van der Waals surface area contributed by atoms with Gasteiger partial charge in [0.1, 0.15) is 0 Å². The molecule has 4 heteroatoms. The van der Waals surface area contributed by atoms with Crippen molar-refractivity contribution in [3.63, 3.8) is 0 Å². The molecule has 0 saturated heterocycles. The highest BCUT2D eigenvalue weighted by molar-refractivity contribution is 5.95. The predicted octanol–water partition coefficient (Wildman–Crippen LogP) is 5.62. The van der Waals surface area contributed by atoms with E-state index in [2.05, 4.69) is 124 Å². The largest absolute Gasteiger partial charge is 0.851 e. The summed E-state index contributed by atoms with van der Waals surface area (Å²) in [6.07, 6.45) is 2.09. The van der Waals surface area contributed by atoms with Crippen molar-refractivity contribution >= 4 is 32.9 Å². The molecule has 7 rings (SSSR count). The Kier molecular flexibility index (Phi) is 5.36. The molecule has 1 fully saturated rings. The standard InChI is InChI=1S/C36H36N2O2/c1-35(2)29(37(5)27-17-15-21-11-7-9-13-23(21)31(27)35)19-25-33(39)26(34(25)40)20-30-36(3,4)32-24-14-10-8-12-22(24)16-18-28(32)38(30)6/h7-20,25-26,33-34H,1-6H3/q-2. The summed E-state index contributed by atoms with van der Waals surface area (Å²) in [6.45, 7) is 8.84. The van der Waals surface area contributed by atoms with Crippen molar-refractivity contribution in [3.8, 4) is 0 Å². The highest BCUT2D eigenvalue weighted by atomic mass is 16.3. The minimum Gasteiger partial charge on any atom is -0.851 e. The fraction of sp³-hybridized carbons (Fsp3) is 0.333. The van der Waals surface area contributed by atoms with Crippen molar-refractivity contribution < 1.29 is 10.2 Å². The van der Waals surface area contributed by atoms with Crippen LogP contribution in [0.4, 0.5) is 11.4 Å². The van der Waals surface area contributed by atoms with Gasteiger partial charge in [-0.25, -0.2) is 0 Å². The number of hydrogen-bond donors (Lipinski definition) is 0. The molecule has 4 aromatic rings. The lowest BCUT2D eigenvalue weighted by Gasteiger charge is -2.60. The van der Waals surface area contributed by atoms with Gasteiger partial charge in [0.05, 0.1) is 0 Å². The van der Waals surface area contributed by atoms with Crippen LogP contribution in [0.2, 0.25) is 0 Å². The van der Waals surface area contributed by atoms with Crippen molar-refractivity contribution in [1.29, 1.82) is 0 Å². The second kappa shape index (κ2) is 8.45. The second-order valence-electron chi connectivity index (χ2n) is 12.9. The van der Waals surface area contributed by atoms with Crippen molar-refractivity contribution in [2.45, 2.75) is 50.7 Å². The molecule has 2 heterocycles. The van der Waals surface area contributed by atoms with Crippen LogP contribution in [0.15, 0.2) is 96.3 Å². The fourth-order valence-electron chi connectivity index (χ4n) is 7.87. The molecule has 4 nitrogen and oxygen atoms in total. The van der Waals surface area contributed by atoms with Crippen LogP contribution in [0, 0.1) is 11.8 Å². The zero-order chi connectivity index (χ0) is 28.1. The third kappa shape index (κ3) is 3.27. The summed E-state index contributed by atoms with van der Waals surface area (Å²) in [4.78, 5) is 4.37. The van der Waals surface area contributed by atoms with E-state index in [-0.39, 0.29) is 10.8 Å². The van der Waals surface area contributed by atoms with Crippen LogP contribution in [0.1, 0.15) is 38.8 Å². The molecule has 1 aliphatic carbocycles. The quantitative estimate of drug-likeness (QED) is 0.339. The predicted molar refractivity (Wildman–Crippen MR) is 161 cm³/mol. The number of fused-ring (bicyclic) bond motifs is 6. The van der Waals surface area contributed by atoms with Crippen LogP contribution in [-0.4, -0.2) is 26.3 Å². The number of hydrogen-bond acceptors (Lipinski definition) is 4. The molecule has 1 saturated carbocycles. The molecule has 0 aromatic heterocycles. The Bertz CT molecular complexity index is 1610. The number of rotatable bonds is 2. The van der Waals surface area contributed by atoms with E-state index in [0.717, 1.165) is 22.8 Å². The Labute approximate surface area is 236 Å². The van der Waals surface area contributed by atoms with E-state index in [4.69, 9.17) is 0 Å². The molecule has 0 bridgehead atoms. The molecule has 2 aliphatic heterocycles. The van der Waals surface area contributed by atoms with E-state index in [1.54, 1.807) is 0 Å². The third-order valence-corrected chi connectivity index (χ3v) is 10.0. The lowest BCUT2D eigenvalue weighted by molar-refractivity contribution is -0.550. The first kappa shape index (κ1) is 25.4. The molecule has 0 N–H and O–H groups in total. The van der Waals surface area contributed by atoms with E-state index >= 15 is 0 Å². The minimum absolute atomic E-state index is 0.301. The molecule has 0 spiro atoms. The molecule has 204 valence electrons. The number of benzene rings is 4. The molecule has 0 radical (unpaired) electrons. The van der Waals surface area contributed by atoms with Crippen LogP contribution in [-0.2, 0) is 10.8 Å². The summed E-state index contributed by atoms with van der Waals surface area (Å²) in [5.74, 6) is -1.09. The molecular weight excluding hydrogens is 492 g/mol. The topological polar surface area (TPSA) is 52.6 Å². The van der Waals surface area contributed by atoms with Gasteiger partial charge >= 0.3 is 0 Å². The van der Waals surface area contributed by atoms with Gasteiger partial charge in [0, 0.05) is 47.7 Å². The Morgan fingerprint density at radius 2 is 0.950 bits per heavy atom. The van der Waals surface area contributed by atoms with E-state index in [1.165, 1.54) is 32.7 Å². The van der Waals surface area contributed by atoms with Gasteiger partial charge < -0.3 is 20.0 Å². The Balaban J connectivity index is 1.22. The molecule has 4 aromatic carbocycles. The maximum absolute atomic E-state index is 13.7. The number of nitrogens with zero attached hydrogens (tertiary/aromatic N) is 2.